The van der Waals surface area contributed by atoms with Crippen LogP contribution in [-0.2, 0) is 30.2 Å². The van der Waals surface area contributed by atoms with E-state index < -0.39 is 35.9 Å². The molecule has 0 aliphatic rings. The van der Waals surface area contributed by atoms with E-state index in [-0.39, 0.29) is 49.0 Å². The fourth-order valence-electron chi connectivity index (χ4n) is 3.25. The highest BCUT2D eigenvalue weighted by Crippen LogP contribution is 2.32. The van der Waals surface area contributed by atoms with Crippen LogP contribution < -0.4 is 14.8 Å². The number of benzene rings is 1. The molecular weight excluding hydrogens is 534 g/mol. The summed E-state index contributed by atoms with van der Waals surface area (Å²) < 4.78 is 26.6. The van der Waals surface area contributed by atoms with Crippen LogP contribution in [0, 0.1) is 17.8 Å². The van der Waals surface area contributed by atoms with E-state index in [4.69, 9.17) is 23.7 Å². The maximum absolute atomic E-state index is 12.7. The maximum atomic E-state index is 12.7. The van der Waals surface area contributed by atoms with E-state index >= 15 is 0 Å². The SMILES string of the molecule is CCC(C)COC(=O)Oc1ccc(C[C@](NC(C)CC)(OC(=O)C(C)CC)C(=O)O)cc1OC(=O)OCC(C)CC. The molecule has 0 aliphatic carbocycles. The minimum atomic E-state index is -2.11. The summed E-state index contributed by atoms with van der Waals surface area (Å²) in [4.78, 5) is 50.1. The Balaban J connectivity index is 3.42. The van der Waals surface area contributed by atoms with Gasteiger partial charge < -0.3 is 28.8 Å². The van der Waals surface area contributed by atoms with Crippen LogP contribution in [0.4, 0.5) is 9.59 Å². The maximum Gasteiger partial charge on any atom is 0.513 e. The van der Waals surface area contributed by atoms with Gasteiger partial charge in [0.25, 0.3) is 5.72 Å². The van der Waals surface area contributed by atoms with Crippen molar-refractivity contribution < 1.29 is 48.0 Å². The van der Waals surface area contributed by atoms with Crippen molar-refractivity contribution >= 4 is 24.2 Å². The minimum Gasteiger partial charge on any atom is -0.477 e. The van der Waals surface area contributed by atoms with Gasteiger partial charge in [0, 0.05) is 12.5 Å². The number of carboxylic acid groups (broad SMARTS) is 1. The van der Waals surface area contributed by atoms with Crippen LogP contribution in [0.2, 0.25) is 0 Å². The molecule has 0 saturated carbocycles. The van der Waals surface area contributed by atoms with E-state index in [1.165, 1.54) is 18.2 Å². The average molecular weight is 582 g/mol. The summed E-state index contributed by atoms with van der Waals surface area (Å²) in [5, 5.41) is 13.2. The molecule has 0 bridgehead atoms. The third-order valence-corrected chi connectivity index (χ3v) is 6.94. The van der Waals surface area contributed by atoms with E-state index in [1.807, 2.05) is 34.6 Å². The second-order valence-electron chi connectivity index (χ2n) is 10.6. The first kappa shape index (κ1) is 35.7. The molecule has 41 heavy (non-hydrogen) atoms. The van der Waals surface area contributed by atoms with Crippen LogP contribution in [0.3, 0.4) is 0 Å². The van der Waals surface area contributed by atoms with Crippen molar-refractivity contribution in [3.05, 3.63) is 23.8 Å². The highest BCUT2D eigenvalue weighted by Gasteiger charge is 2.44. The monoisotopic (exact) mass is 581 g/mol. The third kappa shape index (κ3) is 12.0. The zero-order chi connectivity index (χ0) is 31.2. The number of carboxylic acids is 1. The van der Waals surface area contributed by atoms with Crippen LogP contribution in [0.1, 0.15) is 86.6 Å². The molecular formula is C30H47NO10. The Hall–Kier alpha value is -3.34. The second kappa shape index (κ2) is 17.5. The molecule has 0 aliphatic heterocycles. The number of nitrogens with one attached hydrogen (secondary N) is 1. The van der Waals surface area contributed by atoms with Gasteiger partial charge in [0.1, 0.15) is 0 Å². The summed E-state index contributed by atoms with van der Waals surface area (Å²) in [7, 11) is 0. The Morgan fingerprint density at radius 3 is 1.80 bits per heavy atom. The number of esters is 1. The molecule has 0 saturated heterocycles. The van der Waals surface area contributed by atoms with Gasteiger partial charge in [-0.25, -0.2) is 14.4 Å². The number of hydrogen-bond acceptors (Lipinski definition) is 10. The largest absolute Gasteiger partial charge is 0.513 e. The molecule has 5 atom stereocenters. The van der Waals surface area contributed by atoms with Crippen molar-refractivity contribution in [2.24, 2.45) is 17.8 Å². The van der Waals surface area contributed by atoms with Crippen molar-refractivity contribution in [1.29, 1.82) is 0 Å². The van der Waals surface area contributed by atoms with Gasteiger partial charge in [0.2, 0.25) is 0 Å². The lowest BCUT2D eigenvalue weighted by molar-refractivity contribution is -0.187. The van der Waals surface area contributed by atoms with Crippen LogP contribution >= 0.6 is 0 Å². The molecule has 11 nitrogen and oxygen atoms in total. The zero-order valence-corrected chi connectivity index (χ0v) is 25.6. The normalized spacial score (nSPS) is 15.4. The lowest BCUT2D eigenvalue weighted by Gasteiger charge is -2.34. The highest BCUT2D eigenvalue weighted by molar-refractivity contribution is 5.83. The molecule has 11 heteroatoms. The van der Waals surface area contributed by atoms with Gasteiger partial charge in [0.15, 0.2) is 11.5 Å². The predicted octanol–water partition coefficient (Wildman–Crippen LogP) is 6.11. The molecule has 1 aromatic rings. The lowest BCUT2D eigenvalue weighted by atomic mass is 9.99. The average Bonchev–Trinajstić information content (AvgIpc) is 2.94. The summed E-state index contributed by atoms with van der Waals surface area (Å²) in [6.45, 7) is 15.1. The van der Waals surface area contributed by atoms with Crippen molar-refractivity contribution in [2.75, 3.05) is 13.2 Å². The van der Waals surface area contributed by atoms with Gasteiger partial charge in [-0.2, -0.15) is 0 Å². The summed E-state index contributed by atoms with van der Waals surface area (Å²) in [5.74, 6) is -2.67. The highest BCUT2D eigenvalue weighted by atomic mass is 16.7. The molecule has 0 amide bonds. The fourth-order valence-corrected chi connectivity index (χ4v) is 3.25. The van der Waals surface area contributed by atoms with Crippen molar-refractivity contribution in [3.63, 3.8) is 0 Å². The van der Waals surface area contributed by atoms with Crippen molar-refractivity contribution in [2.45, 2.75) is 99.3 Å². The van der Waals surface area contributed by atoms with Crippen molar-refractivity contribution in [1.82, 2.24) is 5.32 Å². The lowest BCUT2D eigenvalue weighted by Crippen LogP contribution is -2.60. The number of aliphatic carboxylic acids is 1. The van der Waals surface area contributed by atoms with E-state index in [9.17, 15) is 24.3 Å². The number of carbonyl (C=O) groups is 4. The topological polar surface area (TPSA) is 147 Å². The molecule has 0 aromatic heterocycles. The molecule has 0 heterocycles. The van der Waals surface area contributed by atoms with Gasteiger partial charge in [-0.1, -0.05) is 67.4 Å². The number of ether oxygens (including phenoxy) is 5. The van der Waals surface area contributed by atoms with E-state index in [0.717, 1.165) is 12.8 Å². The molecule has 1 rings (SSSR count). The molecule has 232 valence electrons. The predicted molar refractivity (Wildman–Crippen MR) is 152 cm³/mol. The number of carbonyl (C=O) groups excluding carboxylic acids is 3. The molecule has 0 spiro atoms. The molecule has 1 aromatic carbocycles. The smallest absolute Gasteiger partial charge is 0.477 e. The summed E-state index contributed by atoms with van der Waals surface area (Å²) in [6, 6.07) is 3.87. The van der Waals surface area contributed by atoms with Crippen molar-refractivity contribution in [3.8, 4) is 11.5 Å². The number of rotatable bonds is 17. The minimum absolute atomic E-state index is 0.100. The molecule has 0 radical (unpaired) electrons. The van der Waals surface area contributed by atoms with Gasteiger partial charge in [-0.15, -0.1) is 0 Å². The summed E-state index contributed by atoms with van der Waals surface area (Å²) >= 11 is 0. The standard InChI is InChI=1S/C30H47NO10/c1-9-19(5)17-37-28(35)39-24-14-13-23(15-25(24)40-29(36)38-18-20(6)10-2)16-30(27(33)34,31-22(8)12-4)41-26(32)21(7)11-3/h13-15,19-22,31H,9-12,16-18H2,1-8H3,(H,33,34)/t19?,20?,21?,22?,30-/m0/s1. The quantitative estimate of drug-likeness (QED) is 0.0950. The Bertz CT molecular complexity index is 1010. The Labute approximate surface area is 243 Å². The summed E-state index contributed by atoms with van der Waals surface area (Å²) in [6.07, 6.45) is 0.296. The number of hydrogen-bond donors (Lipinski definition) is 2. The molecule has 2 N–H and O–H groups in total. The Morgan fingerprint density at radius 2 is 1.34 bits per heavy atom. The fraction of sp³-hybridized carbons (Fsp3) is 0.667. The van der Waals surface area contributed by atoms with Crippen LogP contribution in [0.25, 0.3) is 0 Å². The summed E-state index contributed by atoms with van der Waals surface area (Å²) in [5.41, 5.74) is -1.78. The molecule has 0 fully saturated rings. The third-order valence-electron chi connectivity index (χ3n) is 6.94. The van der Waals surface area contributed by atoms with Crippen LogP contribution in [0.15, 0.2) is 18.2 Å². The first-order chi connectivity index (χ1) is 19.3. The van der Waals surface area contributed by atoms with Gasteiger partial charge in [-0.05, 0) is 49.3 Å². The van der Waals surface area contributed by atoms with Gasteiger partial charge >= 0.3 is 24.2 Å². The van der Waals surface area contributed by atoms with Gasteiger partial charge in [-0.3, -0.25) is 10.1 Å². The Kier molecular flexibility index (Phi) is 15.2. The second-order valence-corrected chi connectivity index (χ2v) is 10.6. The van der Waals surface area contributed by atoms with E-state index in [0.29, 0.717) is 18.4 Å². The molecule has 4 unspecified atom stereocenters. The van der Waals surface area contributed by atoms with E-state index in [1.54, 1.807) is 20.8 Å². The first-order valence-electron chi connectivity index (χ1n) is 14.4. The van der Waals surface area contributed by atoms with Gasteiger partial charge in [0.05, 0.1) is 19.1 Å². The Morgan fingerprint density at radius 1 is 0.805 bits per heavy atom. The zero-order valence-electron chi connectivity index (χ0n) is 25.6. The van der Waals surface area contributed by atoms with E-state index in [2.05, 4.69) is 5.32 Å². The van der Waals surface area contributed by atoms with Crippen LogP contribution in [0.5, 0.6) is 11.5 Å². The first-order valence-corrected chi connectivity index (χ1v) is 14.4. The van der Waals surface area contributed by atoms with Crippen LogP contribution in [-0.4, -0.2) is 54.3 Å².